The van der Waals surface area contributed by atoms with Gasteiger partial charge < -0.3 is 29.9 Å². The van der Waals surface area contributed by atoms with E-state index < -0.39 is 139 Å². The van der Waals surface area contributed by atoms with Gasteiger partial charge in [0.25, 0.3) is 0 Å². The SMILES string of the molecule is O=C(Oc1c(Br)cc(C(F)(F)C(F)(F)C(F)(F)C(F)(F)C(F)(F)c2cc(Br)c(OC(=O)c3ccc(C(=O)O)c(C(=O)O)c3)c(Br)c2)cc1Br)c1ccc(C(=O)O)c(C(=O)O)c1. The summed E-state index contributed by atoms with van der Waals surface area (Å²) in [5, 5.41) is 36.8. The van der Waals surface area contributed by atoms with Crippen molar-refractivity contribution in [2.24, 2.45) is 0 Å². The van der Waals surface area contributed by atoms with Gasteiger partial charge in [0.05, 0.1) is 51.3 Å². The van der Waals surface area contributed by atoms with E-state index in [0.29, 0.717) is 24.3 Å². The Labute approximate surface area is 364 Å². The molecular weight excluding hydrogens is 1120 g/mol. The number of carboxylic acid groups (broad SMARTS) is 4. The Balaban J connectivity index is 1.66. The van der Waals surface area contributed by atoms with Gasteiger partial charge in [0, 0.05) is 11.1 Å². The number of aromatic carboxylic acids is 4. The summed E-state index contributed by atoms with van der Waals surface area (Å²) in [5.74, 6) is -47.2. The van der Waals surface area contributed by atoms with E-state index in [9.17, 15) is 39.0 Å². The number of benzene rings is 4. The van der Waals surface area contributed by atoms with Crippen LogP contribution in [0.4, 0.5) is 43.9 Å². The summed E-state index contributed by atoms with van der Waals surface area (Å²) in [4.78, 5) is 70.9. The maximum Gasteiger partial charge on any atom is 0.385 e. The standard InChI is InChI=1S/C35H14Br4F10O12/c36-19-7-13(8-20(37)23(19)60-29(58)11-1-3-15(25(50)51)17(5-11)27(54)55)31(40,41)33(44,45)35(48,49)34(46,47)32(42,43)14-9-21(38)24(22(39)10-14)61-30(59)12-2-4-16(26(52)53)18(6-12)28(56)57/h1-10H,(H,50,51)(H,52,53)(H,54,55)(H,56,57). The van der Waals surface area contributed by atoms with Crippen LogP contribution in [0.5, 0.6) is 11.5 Å². The monoisotopic (exact) mass is 1130 g/mol. The summed E-state index contributed by atoms with van der Waals surface area (Å²) in [5.41, 5.74) is -9.19. The van der Waals surface area contributed by atoms with Gasteiger partial charge in [-0.25, -0.2) is 28.8 Å². The maximum absolute atomic E-state index is 15.4. The number of ether oxygens (including phenoxy) is 2. The first-order chi connectivity index (χ1) is 27.8. The molecule has 0 saturated heterocycles. The minimum absolute atomic E-state index is 0.124. The quantitative estimate of drug-likeness (QED) is 0.0530. The fraction of sp³-hybridized carbons (Fsp3) is 0.143. The molecule has 0 saturated carbocycles. The molecule has 61 heavy (non-hydrogen) atoms. The normalized spacial score (nSPS) is 12.4. The molecule has 4 aromatic carbocycles. The molecule has 0 aliphatic rings. The van der Waals surface area contributed by atoms with Crippen molar-refractivity contribution in [3.8, 4) is 11.5 Å². The van der Waals surface area contributed by atoms with Crippen LogP contribution in [0.1, 0.15) is 73.3 Å². The molecule has 324 valence electrons. The molecule has 0 aliphatic carbocycles. The van der Waals surface area contributed by atoms with Crippen LogP contribution >= 0.6 is 63.7 Å². The number of carbonyl (C=O) groups is 6. The number of hydrogen-bond donors (Lipinski definition) is 4. The molecule has 26 heteroatoms. The summed E-state index contributed by atoms with van der Waals surface area (Å²) in [6.07, 6.45) is 0. The molecule has 0 fully saturated rings. The van der Waals surface area contributed by atoms with Crippen molar-refractivity contribution >= 4 is 99.5 Å². The van der Waals surface area contributed by atoms with Crippen LogP contribution in [0, 0.1) is 0 Å². The van der Waals surface area contributed by atoms with Crippen LogP contribution in [0.2, 0.25) is 0 Å². The second kappa shape index (κ2) is 17.0. The predicted octanol–water partition coefficient (Wildman–Crippen LogP) is 10.8. The van der Waals surface area contributed by atoms with E-state index in [1.54, 1.807) is 0 Å². The van der Waals surface area contributed by atoms with E-state index in [1.807, 2.05) is 0 Å². The first-order valence-corrected chi connectivity index (χ1v) is 18.5. The highest BCUT2D eigenvalue weighted by molar-refractivity contribution is 9.11. The van der Waals surface area contributed by atoms with Gasteiger partial charge in [-0.2, -0.15) is 43.9 Å². The van der Waals surface area contributed by atoms with Gasteiger partial charge >= 0.3 is 65.4 Å². The Kier molecular flexibility index (Phi) is 13.5. The van der Waals surface area contributed by atoms with Gasteiger partial charge in [0.2, 0.25) is 0 Å². The Morgan fingerprint density at radius 1 is 0.410 bits per heavy atom. The average Bonchev–Trinajstić information content (AvgIpc) is 3.16. The van der Waals surface area contributed by atoms with Crippen molar-refractivity contribution in [3.63, 3.8) is 0 Å². The van der Waals surface area contributed by atoms with Crippen LogP contribution in [0.15, 0.2) is 78.6 Å². The van der Waals surface area contributed by atoms with E-state index in [1.165, 1.54) is 0 Å². The summed E-state index contributed by atoms with van der Waals surface area (Å²) in [6, 6.07) is 3.44. The number of halogens is 14. The summed E-state index contributed by atoms with van der Waals surface area (Å²) < 4.78 is 159. The predicted molar refractivity (Wildman–Crippen MR) is 197 cm³/mol. The molecule has 0 aromatic heterocycles. The third kappa shape index (κ3) is 8.71. The van der Waals surface area contributed by atoms with Gasteiger partial charge in [-0.05, 0) is 124 Å². The first kappa shape index (κ1) is 48.6. The lowest BCUT2D eigenvalue weighted by atomic mass is 9.88. The van der Waals surface area contributed by atoms with Gasteiger partial charge in [-0.15, -0.1) is 0 Å². The number of hydrogen-bond acceptors (Lipinski definition) is 8. The zero-order valence-corrected chi connectivity index (χ0v) is 35.0. The molecule has 0 radical (unpaired) electrons. The number of esters is 2. The Bertz CT molecular complexity index is 2330. The lowest BCUT2D eigenvalue weighted by Gasteiger charge is -2.39. The van der Waals surface area contributed by atoms with E-state index in [-0.39, 0.29) is 24.3 Å². The van der Waals surface area contributed by atoms with E-state index in [2.05, 4.69) is 63.7 Å². The molecule has 0 unspecified atom stereocenters. The number of alkyl halides is 10. The smallest absolute Gasteiger partial charge is 0.385 e. The second-order valence-electron chi connectivity index (χ2n) is 11.9. The molecule has 4 rings (SSSR count). The molecule has 0 atom stereocenters. The van der Waals surface area contributed by atoms with Crippen LogP contribution in [-0.4, -0.2) is 74.0 Å². The van der Waals surface area contributed by atoms with Gasteiger partial charge in [-0.1, -0.05) is 0 Å². The number of carbonyl (C=O) groups excluding carboxylic acids is 2. The molecule has 4 aromatic rings. The van der Waals surface area contributed by atoms with Crippen molar-refractivity contribution in [2.45, 2.75) is 29.6 Å². The third-order valence-electron chi connectivity index (χ3n) is 8.12. The Morgan fingerprint density at radius 3 is 0.918 bits per heavy atom. The van der Waals surface area contributed by atoms with Crippen LogP contribution in [0.25, 0.3) is 0 Å². The second-order valence-corrected chi connectivity index (χ2v) is 15.3. The number of carboxylic acids is 4. The van der Waals surface area contributed by atoms with Crippen molar-refractivity contribution in [2.75, 3.05) is 0 Å². The molecule has 12 nitrogen and oxygen atoms in total. The van der Waals surface area contributed by atoms with Crippen molar-refractivity contribution < 1.29 is 103 Å². The minimum Gasteiger partial charge on any atom is -0.478 e. The van der Waals surface area contributed by atoms with Crippen molar-refractivity contribution in [1.82, 2.24) is 0 Å². The summed E-state index contributed by atoms with van der Waals surface area (Å²) in [6.45, 7) is 0. The first-order valence-electron chi connectivity index (χ1n) is 15.4. The zero-order valence-electron chi connectivity index (χ0n) is 28.6. The molecule has 0 heterocycles. The highest BCUT2D eigenvalue weighted by Gasteiger charge is 2.86. The maximum atomic E-state index is 15.4. The largest absolute Gasteiger partial charge is 0.478 e. The number of rotatable bonds is 14. The molecule has 0 bridgehead atoms. The molecule has 0 spiro atoms. The summed E-state index contributed by atoms with van der Waals surface area (Å²) >= 11 is 10.2. The highest BCUT2D eigenvalue weighted by atomic mass is 79.9. The fourth-order valence-corrected chi connectivity index (χ4v) is 7.70. The molecule has 4 N–H and O–H groups in total. The third-order valence-corrected chi connectivity index (χ3v) is 10.5. The van der Waals surface area contributed by atoms with E-state index >= 15 is 43.9 Å². The Morgan fingerprint density at radius 2 is 0.672 bits per heavy atom. The minimum atomic E-state index is -7.63. The zero-order chi connectivity index (χ0) is 46.5. The van der Waals surface area contributed by atoms with Crippen LogP contribution in [0.3, 0.4) is 0 Å². The molecular formula is C35H14Br4F10O12. The molecule has 0 aliphatic heterocycles. The van der Waals surface area contributed by atoms with Gasteiger partial charge in [-0.3, -0.25) is 0 Å². The fourth-order valence-electron chi connectivity index (χ4n) is 5.00. The topological polar surface area (TPSA) is 202 Å². The van der Waals surface area contributed by atoms with Crippen LogP contribution in [-0.2, 0) is 11.8 Å². The average molecular weight is 1140 g/mol. The van der Waals surface area contributed by atoms with Gasteiger partial charge in [0.15, 0.2) is 11.5 Å². The van der Waals surface area contributed by atoms with Gasteiger partial charge in [0.1, 0.15) is 0 Å². The Hall–Kier alpha value is -5.08. The van der Waals surface area contributed by atoms with Crippen molar-refractivity contribution in [3.05, 3.63) is 123 Å². The molecule has 0 amide bonds. The van der Waals surface area contributed by atoms with Crippen molar-refractivity contribution in [1.29, 1.82) is 0 Å². The summed E-state index contributed by atoms with van der Waals surface area (Å²) in [7, 11) is 0. The highest BCUT2D eigenvalue weighted by Crippen LogP contribution is 2.62. The van der Waals surface area contributed by atoms with Crippen LogP contribution < -0.4 is 9.47 Å². The van der Waals surface area contributed by atoms with E-state index in [0.717, 1.165) is 12.1 Å². The lowest BCUT2D eigenvalue weighted by molar-refractivity contribution is -0.407. The van der Waals surface area contributed by atoms with E-state index in [4.69, 9.17) is 19.7 Å². The lowest BCUT2D eigenvalue weighted by Crippen LogP contribution is -2.65.